The van der Waals surface area contributed by atoms with Crippen molar-refractivity contribution in [2.45, 2.75) is 71.9 Å². The van der Waals surface area contributed by atoms with Gasteiger partial charge in [0, 0.05) is 11.5 Å². The molecule has 0 aliphatic carbocycles. The molecule has 4 rings (SSSR count). The summed E-state index contributed by atoms with van der Waals surface area (Å²) in [5.74, 6) is 0. The molecule has 0 fully saturated rings. The van der Waals surface area contributed by atoms with Gasteiger partial charge < -0.3 is 0 Å². The predicted octanol–water partition coefficient (Wildman–Crippen LogP) is 8.28. The van der Waals surface area contributed by atoms with Crippen molar-refractivity contribution < 1.29 is 13.2 Å². The Bertz CT molecular complexity index is 1370. The summed E-state index contributed by atoms with van der Waals surface area (Å²) in [6, 6.07) is 21.4. The molecule has 0 aliphatic rings. The lowest BCUT2D eigenvalue weighted by Crippen LogP contribution is -2.27. The summed E-state index contributed by atoms with van der Waals surface area (Å²) in [6.07, 6.45) is -3.49. The van der Waals surface area contributed by atoms with Gasteiger partial charge in [-0.25, -0.2) is 0 Å². The van der Waals surface area contributed by atoms with Gasteiger partial charge in [-0.1, -0.05) is 84.9 Å². The van der Waals surface area contributed by atoms with E-state index in [9.17, 15) is 13.2 Å². The molecule has 0 atom stereocenters. The largest absolute Gasteiger partial charge is 0.416 e. The van der Waals surface area contributed by atoms with Gasteiger partial charge in [0.15, 0.2) is 0 Å². The Labute approximate surface area is 211 Å². The summed E-state index contributed by atoms with van der Waals surface area (Å²) in [5.41, 5.74) is 3.27. The third-order valence-corrected chi connectivity index (χ3v) is 6.70. The average molecular weight is 493 g/mol. The van der Waals surface area contributed by atoms with E-state index in [1.54, 1.807) is 0 Å². The molecular weight excluding hydrogens is 459 g/mol. The highest BCUT2D eigenvalue weighted by atomic mass is 19.4. The second-order valence-corrected chi connectivity index (χ2v) is 12.0. The molecule has 0 saturated carbocycles. The molecule has 0 N–H and O–H groups in total. The maximum atomic E-state index is 13.2. The third kappa shape index (κ3) is 5.32. The topological polar surface area (TPSA) is 30.7 Å². The van der Waals surface area contributed by atoms with E-state index in [0.717, 1.165) is 35.2 Å². The van der Waals surface area contributed by atoms with Crippen molar-refractivity contribution in [3.8, 4) is 5.69 Å². The van der Waals surface area contributed by atoms with Crippen molar-refractivity contribution >= 4 is 11.0 Å². The van der Waals surface area contributed by atoms with Gasteiger partial charge in [0.1, 0.15) is 11.0 Å². The summed E-state index contributed by atoms with van der Waals surface area (Å²) in [7, 11) is 0. The molecule has 0 bridgehead atoms. The molecule has 0 saturated heterocycles. The highest BCUT2D eigenvalue weighted by Gasteiger charge is 2.32. The Hall–Kier alpha value is -3.15. The first kappa shape index (κ1) is 25.9. The molecule has 6 heteroatoms. The molecule has 0 unspecified atom stereocenters. The van der Waals surface area contributed by atoms with Crippen LogP contribution in [-0.2, 0) is 17.0 Å². The molecule has 0 amide bonds. The van der Waals surface area contributed by atoms with E-state index in [2.05, 4.69) is 82.9 Å². The van der Waals surface area contributed by atoms with Crippen LogP contribution in [0.2, 0.25) is 0 Å². The first-order valence-electron chi connectivity index (χ1n) is 12.1. The molecule has 0 aliphatic heterocycles. The Morgan fingerprint density at radius 1 is 0.722 bits per heavy atom. The van der Waals surface area contributed by atoms with Crippen LogP contribution in [0.1, 0.15) is 77.1 Å². The standard InChI is InChI=1S/C30H33F3N3/c1-27(2,3)19-28(4,5)22-15-23(29(6,7)20-11-9-8-10-12-20)17-24(16-22)36-34-25-14-13-21(30(31,32)33)18-26(25)35-36/h8-16,18H,19H2,1-7H3. The van der Waals surface area contributed by atoms with Crippen molar-refractivity contribution in [3.63, 3.8) is 0 Å². The van der Waals surface area contributed by atoms with Crippen molar-refractivity contribution in [3.05, 3.63) is 89.0 Å². The van der Waals surface area contributed by atoms with Gasteiger partial charge in [0.2, 0.25) is 0 Å². The average Bonchev–Trinajstić information content (AvgIpc) is 3.21. The van der Waals surface area contributed by atoms with Crippen LogP contribution < -0.4 is 0 Å². The zero-order chi connectivity index (χ0) is 26.5. The number of nitrogens with zero attached hydrogens (tertiary/aromatic N) is 3. The first-order chi connectivity index (χ1) is 16.6. The van der Waals surface area contributed by atoms with Gasteiger partial charge >= 0.3 is 6.18 Å². The lowest BCUT2D eigenvalue weighted by Gasteiger charge is -2.35. The second-order valence-electron chi connectivity index (χ2n) is 12.0. The maximum Gasteiger partial charge on any atom is 0.416 e. The quantitative estimate of drug-likeness (QED) is 0.281. The summed E-state index contributed by atoms with van der Waals surface area (Å²) in [4.78, 5) is 1.41. The molecule has 0 spiro atoms. The summed E-state index contributed by atoms with van der Waals surface area (Å²) >= 11 is 0. The predicted molar refractivity (Wildman–Crippen MR) is 138 cm³/mol. The number of halogens is 3. The monoisotopic (exact) mass is 492 g/mol. The SMILES string of the molecule is CC(C)(C)CC(C)(C)c1cc(-n2nc3ccc(C(F)(F)F)cc3n2)[c]c(C(C)(C)c2ccccc2)c1. The van der Waals surface area contributed by atoms with Crippen LogP contribution in [0.5, 0.6) is 0 Å². The van der Waals surface area contributed by atoms with Gasteiger partial charge in [0.25, 0.3) is 0 Å². The van der Waals surface area contributed by atoms with Crippen LogP contribution >= 0.6 is 0 Å². The molecule has 189 valence electrons. The summed E-state index contributed by atoms with van der Waals surface area (Å²) < 4.78 is 39.7. The molecule has 1 aromatic heterocycles. The van der Waals surface area contributed by atoms with E-state index in [1.165, 1.54) is 10.9 Å². The number of alkyl halides is 3. The van der Waals surface area contributed by atoms with Gasteiger partial charge in [-0.2, -0.15) is 13.2 Å². The van der Waals surface area contributed by atoms with Gasteiger partial charge in [-0.05, 0) is 58.2 Å². The Kier molecular flexibility index (Phi) is 6.30. The molecule has 4 aromatic rings. The summed E-state index contributed by atoms with van der Waals surface area (Å²) in [5, 5.41) is 8.93. The normalized spacial score (nSPS) is 13.4. The van der Waals surface area contributed by atoms with Crippen molar-refractivity contribution in [1.82, 2.24) is 15.0 Å². The van der Waals surface area contributed by atoms with Crippen molar-refractivity contribution in [1.29, 1.82) is 0 Å². The van der Waals surface area contributed by atoms with E-state index in [1.807, 2.05) is 24.3 Å². The van der Waals surface area contributed by atoms with Crippen LogP contribution in [0.25, 0.3) is 16.7 Å². The smallest absolute Gasteiger partial charge is 0.166 e. The van der Waals surface area contributed by atoms with Crippen molar-refractivity contribution in [2.24, 2.45) is 5.41 Å². The molecule has 3 nitrogen and oxygen atoms in total. The Morgan fingerprint density at radius 3 is 1.97 bits per heavy atom. The van der Waals surface area contributed by atoms with Crippen molar-refractivity contribution in [2.75, 3.05) is 0 Å². The van der Waals surface area contributed by atoms with E-state index < -0.39 is 11.7 Å². The zero-order valence-electron chi connectivity index (χ0n) is 22.0. The molecule has 3 aromatic carbocycles. The van der Waals surface area contributed by atoms with Gasteiger partial charge in [0.05, 0.1) is 11.3 Å². The Balaban J connectivity index is 1.90. The van der Waals surface area contributed by atoms with Gasteiger partial charge in [-0.3, -0.25) is 0 Å². The Morgan fingerprint density at radius 2 is 1.36 bits per heavy atom. The first-order valence-corrected chi connectivity index (χ1v) is 12.1. The van der Waals surface area contributed by atoms with Gasteiger partial charge in [-0.15, -0.1) is 15.0 Å². The number of hydrogen-bond donors (Lipinski definition) is 0. The van der Waals surface area contributed by atoms with Crippen LogP contribution in [0.4, 0.5) is 13.2 Å². The lowest BCUT2D eigenvalue weighted by molar-refractivity contribution is -0.137. The minimum atomic E-state index is -4.44. The third-order valence-electron chi connectivity index (χ3n) is 6.70. The number of fused-ring (bicyclic) bond motifs is 1. The highest BCUT2D eigenvalue weighted by Crippen LogP contribution is 2.40. The molecule has 1 heterocycles. The van der Waals surface area contributed by atoms with Crippen LogP contribution in [0.3, 0.4) is 0 Å². The fraction of sp³-hybridized carbons (Fsp3) is 0.400. The summed E-state index contributed by atoms with van der Waals surface area (Å²) in [6.45, 7) is 15.4. The van der Waals surface area contributed by atoms with Crippen LogP contribution in [0.15, 0.2) is 60.7 Å². The molecule has 1 radical (unpaired) electrons. The van der Waals surface area contributed by atoms with E-state index in [0.29, 0.717) is 11.2 Å². The number of hydrogen-bond acceptors (Lipinski definition) is 2. The maximum absolute atomic E-state index is 13.2. The zero-order valence-corrected chi connectivity index (χ0v) is 22.0. The van der Waals surface area contributed by atoms with E-state index in [4.69, 9.17) is 0 Å². The molecular formula is C30H33F3N3. The lowest BCUT2D eigenvalue weighted by atomic mass is 9.70. The van der Waals surface area contributed by atoms with Crippen LogP contribution in [-0.4, -0.2) is 15.0 Å². The van der Waals surface area contributed by atoms with E-state index in [-0.39, 0.29) is 21.8 Å². The molecule has 36 heavy (non-hydrogen) atoms. The fourth-order valence-corrected chi connectivity index (χ4v) is 5.03. The number of benzene rings is 3. The fourth-order valence-electron chi connectivity index (χ4n) is 5.03. The highest BCUT2D eigenvalue weighted by molar-refractivity contribution is 5.75. The number of aromatic nitrogens is 3. The second kappa shape index (κ2) is 8.75. The van der Waals surface area contributed by atoms with Crippen LogP contribution in [0, 0.1) is 11.5 Å². The minimum Gasteiger partial charge on any atom is -0.166 e. The number of rotatable bonds is 5. The minimum absolute atomic E-state index is 0.102. The van der Waals surface area contributed by atoms with E-state index >= 15 is 0 Å².